The van der Waals surface area contributed by atoms with E-state index in [1.165, 1.54) is 0 Å². The third kappa shape index (κ3) is 5.85. The first kappa shape index (κ1) is 15.5. The standard InChI is InChI=1S/C15H30N2O/c1-14(2,3)10-16-12-7-8-17(13(18)9-12)11-15(4,5)6/h12,16H,7-11H2,1-6H3. The van der Waals surface area contributed by atoms with E-state index in [0.717, 1.165) is 26.1 Å². The zero-order chi connectivity index (χ0) is 14.0. The van der Waals surface area contributed by atoms with E-state index in [4.69, 9.17) is 0 Å². The first-order chi connectivity index (χ1) is 8.07. The lowest BCUT2D eigenvalue weighted by atomic mass is 9.93. The molecule has 18 heavy (non-hydrogen) atoms. The van der Waals surface area contributed by atoms with Crippen LogP contribution < -0.4 is 5.32 Å². The van der Waals surface area contributed by atoms with E-state index in [1.54, 1.807) is 0 Å². The molecule has 3 nitrogen and oxygen atoms in total. The number of rotatable bonds is 3. The van der Waals surface area contributed by atoms with Crippen molar-refractivity contribution in [2.45, 2.75) is 60.4 Å². The summed E-state index contributed by atoms with van der Waals surface area (Å²) in [6.07, 6.45) is 1.74. The second-order valence-corrected chi connectivity index (χ2v) is 8.01. The normalized spacial score (nSPS) is 22.4. The Morgan fingerprint density at radius 1 is 1.17 bits per heavy atom. The summed E-state index contributed by atoms with van der Waals surface area (Å²) in [5, 5.41) is 3.53. The summed E-state index contributed by atoms with van der Waals surface area (Å²) in [5.41, 5.74) is 0.479. The maximum Gasteiger partial charge on any atom is 0.224 e. The lowest BCUT2D eigenvalue weighted by molar-refractivity contribution is -0.135. The molecule has 1 atom stereocenters. The molecule has 1 N–H and O–H groups in total. The first-order valence-corrected chi connectivity index (χ1v) is 7.08. The fourth-order valence-electron chi connectivity index (χ4n) is 2.24. The minimum Gasteiger partial charge on any atom is -0.342 e. The Kier molecular flexibility index (Phi) is 4.82. The van der Waals surface area contributed by atoms with Crippen LogP contribution in [0.1, 0.15) is 54.4 Å². The summed E-state index contributed by atoms with van der Waals surface area (Å²) in [7, 11) is 0. The van der Waals surface area contributed by atoms with E-state index in [0.29, 0.717) is 18.4 Å². The van der Waals surface area contributed by atoms with Gasteiger partial charge in [-0.2, -0.15) is 0 Å². The maximum atomic E-state index is 12.1. The molecule has 1 saturated heterocycles. The van der Waals surface area contributed by atoms with Gasteiger partial charge in [0.15, 0.2) is 0 Å². The highest BCUT2D eigenvalue weighted by Crippen LogP contribution is 2.20. The maximum absolute atomic E-state index is 12.1. The van der Waals surface area contributed by atoms with Gasteiger partial charge < -0.3 is 10.2 Å². The molecule has 1 aliphatic heterocycles. The second kappa shape index (κ2) is 5.60. The van der Waals surface area contributed by atoms with Crippen molar-refractivity contribution < 1.29 is 4.79 Å². The lowest BCUT2D eigenvalue weighted by Crippen LogP contribution is -2.49. The highest BCUT2D eigenvalue weighted by Gasteiger charge is 2.28. The largest absolute Gasteiger partial charge is 0.342 e. The van der Waals surface area contributed by atoms with Crippen LogP contribution in [0.15, 0.2) is 0 Å². The van der Waals surface area contributed by atoms with Crippen molar-refractivity contribution >= 4 is 5.91 Å². The van der Waals surface area contributed by atoms with Crippen LogP contribution in [0.25, 0.3) is 0 Å². The number of hydrogen-bond donors (Lipinski definition) is 1. The van der Waals surface area contributed by atoms with Gasteiger partial charge in [-0.15, -0.1) is 0 Å². The number of hydrogen-bond acceptors (Lipinski definition) is 2. The fraction of sp³-hybridized carbons (Fsp3) is 0.933. The quantitative estimate of drug-likeness (QED) is 0.840. The number of carbonyl (C=O) groups excluding carboxylic acids is 1. The van der Waals surface area contributed by atoms with Gasteiger partial charge in [0.05, 0.1) is 0 Å². The second-order valence-electron chi connectivity index (χ2n) is 8.01. The molecule has 106 valence electrons. The van der Waals surface area contributed by atoms with E-state index in [2.05, 4.69) is 46.9 Å². The van der Waals surface area contributed by atoms with Crippen molar-refractivity contribution in [3.8, 4) is 0 Å². The van der Waals surface area contributed by atoms with Gasteiger partial charge in [0.25, 0.3) is 0 Å². The molecule has 1 fully saturated rings. The fourth-order valence-corrected chi connectivity index (χ4v) is 2.24. The molecule has 3 heteroatoms. The number of amides is 1. The predicted molar refractivity (Wildman–Crippen MR) is 76.5 cm³/mol. The Morgan fingerprint density at radius 2 is 1.78 bits per heavy atom. The summed E-state index contributed by atoms with van der Waals surface area (Å²) in [4.78, 5) is 14.1. The van der Waals surface area contributed by atoms with Crippen LogP contribution in [0.3, 0.4) is 0 Å². The summed E-state index contributed by atoms with van der Waals surface area (Å²) in [6.45, 7) is 16.0. The highest BCUT2D eigenvalue weighted by atomic mass is 16.2. The minimum absolute atomic E-state index is 0.196. The highest BCUT2D eigenvalue weighted by molar-refractivity contribution is 5.77. The Bertz CT molecular complexity index is 286. The van der Waals surface area contributed by atoms with Crippen molar-refractivity contribution in [1.82, 2.24) is 10.2 Å². The predicted octanol–water partition coefficient (Wildman–Crippen LogP) is 2.66. The molecule has 1 unspecified atom stereocenters. The Morgan fingerprint density at radius 3 is 2.22 bits per heavy atom. The minimum atomic E-state index is 0.196. The number of carbonyl (C=O) groups is 1. The number of nitrogens with one attached hydrogen (secondary N) is 1. The van der Waals surface area contributed by atoms with Crippen molar-refractivity contribution in [3.05, 3.63) is 0 Å². The van der Waals surface area contributed by atoms with Gasteiger partial charge >= 0.3 is 0 Å². The lowest BCUT2D eigenvalue weighted by Gasteiger charge is -2.37. The topological polar surface area (TPSA) is 32.3 Å². The molecule has 0 aromatic heterocycles. The smallest absolute Gasteiger partial charge is 0.224 e. The molecule has 0 radical (unpaired) electrons. The van der Waals surface area contributed by atoms with Gasteiger partial charge in [-0.25, -0.2) is 0 Å². The van der Waals surface area contributed by atoms with Gasteiger partial charge in [-0.05, 0) is 17.3 Å². The zero-order valence-electron chi connectivity index (χ0n) is 13.0. The molecule has 1 amide bonds. The first-order valence-electron chi connectivity index (χ1n) is 7.08. The SMILES string of the molecule is CC(C)(C)CNC1CCN(CC(C)(C)C)C(=O)C1. The van der Waals surface area contributed by atoms with Crippen LogP contribution in [-0.2, 0) is 4.79 Å². The van der Waals surface area contributed by atoms with Crippen LogP contribution in [-0.4, -0.2) is 36.5 Å². The summed E-state index contributed by atoms with van der Waals surface area (Å²) in [6, 6.07) is 0.368. The van der Waals surface area contributed by atoms with Crippen LogP contribution in [0.4, 0.5) is 0 Å². The van der Waals surface area contributed by atoms with E-state index in [9.17, 15) is 4.79 Å². The van der Waals surface area contributed by atoms with Crippen LogP contribution in [0, 0.1) is 10.8 Å². The number of likely N-dealkylation sites (tertiary alicyclic amines) is 1. The molecule has 0 saturated carbocycles. The van der Waals surface area contributed by atoms with Gasteiger partial charge in [0.2, 0.25) is 5.91 Å². The molecular weight excluding hydrogens is 224 g/mol. The average molecular weight is 254 g/mol. The van der Waals surface area contributed by atoms with E-state index in [1.807, 2.05) is 4.90 Å². The average Bonchev–Trinajstić information content (AvgIpc) is 2.15. The van der Waals surface area contributed by atoms with Gasteiger partial charge in [0, 0.05) is 32.1 Å². The summed E-state index contributed by atoms with van der Waals surface area (Å²) >= 11 is 0. The molecule has 1 heterocycles. The van der Waals surface area contributed by atoms with Gasteiger partial charge in [-0.1, -0.05) is 41.5 Å². The molecular formula is C15H30N2O. The van der Waals surface area contributed by atoms with Crippen LogP contribution in [0.5, 0.6) is 0 Å². The monoisotopic (exact) mass is 254 g/mol. The molecule has 1 rings (SSSR count). The van der Waals surface area contributed by atoms with Crippen molar-refractivity contribution in [1.29, 1.82) is 0 Å². The molecule has 1 aliphatic rings. The molecule has 0 aromatic rings. The third-order valence-electron chi connectivity index (χ3n) is 3.11. The van der Waals surface area contributed by atoms with Gasteiger partial charge in [-0.3, -0.25) is 4.79 Å². The Labute approximate surface area is 112 Å². The van der Waals surface area contributed by atoms with Gasteiger partial charge in [0.1, 0.15) is 0 Å². The van der Waals surface area contributed by atoms with E-state index >= 15 is 0 Å². The van der Waals surface area contributed by atoms with Crippen molar-refractivity contribution in [2.75, 3.05) is 19.6 Å². The zero-order valence-corrected chi connectivity index (χ0v) is 13.0. The van der Waals surface area contributed by atoms with Crippen LogP contribution in [0.2, 0.25) is 0 Å². The molecule has 0 bridgehead atoms. The Hall–Kier alpha value is -0.570. The summed E-state index contributed by atoms with van der Waals surface area (Å²) in [5.74, 6) is 0.308. The van der Waals surface area contributed by atoms with E-state index < -0.39 is 0 Å². The molecule has 0 spiro atoms. The molecule has 0 aliphatic carbocycles. The van der Waals surface area contributed by atoms with E-state index in [-0.39, 0.29) is 10.8 Å². The number of nitrogens with zero attached hydrogens (tertiary/aromatic N) is 1. The van der Waals surface area contributed by atoms with Crippen molar-refractivity contribution in [3.63, 3.8) is 0 Å². The number of piperidine rings is 1. The Balaban J connectivity index is 2.39. The molecule has 0 aromatic carbocycles. The van der Waals surface area contributed by atoms with Crippen LogP contribution >= 0.6 is 0 Å². The summed E-state index contributed by atoms with van der Waals surface area (Å²) < 4.78 is 0. The van der Waals surface area contributed by atoms with Crippen molar-refractivity contribution in [2.24, 2.45) is 10.8 Å². The third-order valence-corrected chi connectivity index (χ3v) is 3.11.